The second-order valence-corrected chi connectivity index (χ2v) is 4.31. The fourth-order valence-corrected chi connectivity index (χ4v) is 2.05. The summed E-state index contributed by atoms with van der Waals surface area (Å²) in [5, 5.41) is 1.26. The van der Waals surface area contributed by atoms with Gasteiger partial charge in [0.2, 0.25) is 0 Å². The summed E-state index contributed by atoms with van der Waals surface area (Å²) in [6, 6.07) is 15.4. The summed E-state index contributed by atoms with van der Waals surface area (Å²) in [7, 11) is 0. The quantitative estimate of drug-likeness (QED) is 0.698. The molecule has 0 aliphatic heterocycles. The van der Waals surface area contributed by atoms with Gasteiger partial charge in [-0.05, 0) is 23.3 Å². The molecule has 0 aliphatic carbocycles. The van der Waals surface area contributed by atoms with Crippen molar-refractivity contribution in [2.75, 3.05) is 0 Å². The van der Waals surface area contributed by atoms with Gasteiger partial charge in [0, 0.05) is 15.6 Å². The van der Waals surface area contributed by atoms with E-state index >= 15 is 0 Å². The van der Waals surface area contributed by atoms with E-state index in [1.165, 1.54) is 0 Å². The normalized spacial score (nSPS) is 10.1. The van der Waals surface area contributed by atoms with Gasteiger partial charge in [-0.3, -0.25) is 0 Å². The van der Waals surface area contributed by atoms with E-state index in [9.17, 15) is 0 Å². The van der Waals surface area contributed by atoms with Crippen molar-refractivity contribution in [2.24, 2.45) is 0 Å². The SMILES string of the molecule is C=C(c1ccccc1)c1ccc(Cl)cc1Cl. The molecule has 0 unspecified atom stereocenters. The fraction of sp³-hybridized carbons (Fsp3) is 0. The lowest BCUT2D eigenvalue weighted by atomic mass is 10.00. The van der Waals surface area contributed by atoms with Crippen LogP contribution in [0.25, 0.3) is 5.57 Å². The molecule has 0 heterocycles. The van der Waals surface area contributed by atoms with E-state index in [1.54, 1.807) is 6.07 Å². The van der Waals surface area contributed by atoms with Gasteiger partial charge in [0.1, 0.15) is 0 Å². The molecular weight excluding hydrogens is 239 g/mol. The first-order valence-electron chi connectivity index (χ1n) is 4.88. The van der Waals surface area contributed by atoms with E-state index in [4.69, 9.17) is 23.2 Å². The summed E-state index contributed by atoms with van der Waals surface area (Å²) in [6.45, 7) is 4.06. The van der Waals surface area contributed by atoms with Gasteiger partial charge in [0.05, 0.1) is 0 Å². The summed E-state index contributed by atoms with van der Waals surface area (Å²) in [5.74, 6) is 0. The molecule has 0 N–H and O–H groups in total. The Balaban J connectivity index is 2.42. The van der Waals surface area contributed by atoms with Gasteiger partial charge in [-0.2, -0.15) is 0 Å². The molecule has 0 saturated carbocycles. The molecule has 2 aromatic carbocycles. The molecule has 0 nitrogen and oxygen atoms in total. The highest BCUT2D eigenvalue weighted by molar-refractivity contribution is 6.35. The molecule has 80 valence electrons. The molecule has 0 bridgehead atoms. The van der Waals surface area contributed by atoms with Crippen LogP contribution >= 0.6 is 23.2 Å². The van der Waals surface area contributed by atoms with Gasteiger partial charge in [0.15, 0.2) is 0 Å². The number of halogens is 2. The molecule has 0 radical (unpaired) electrons. The zero-order chi connectivity index (χ0) is 11.5. The Labute approximate surface area is 105 Å². The first-order chi connectivity index (χ1) is 7.68. The van der Waals surface area contributed by atoms with Crippen LogP contribution in [0.2, 0.25) is 10.0 Å². The minimum absolute atomic E-state index is 0.626. The van der Waals surface area contributed by atoms with E-state index in [1.807, 2.05) is 42.5 Å². The number of benzene rings is 2. The summed E-state index contributed by atoms with van der Waals surface area (Å²) in [5.41, 5.74) is 2.88. The number of hydrogen-bond acceptors (Lipinski definition) is 0. The van der Waals surface area contributed by atoms with Crippen molar-refractivity contribution >= 4 is 28.8 Å². The lowest BCUT2D eigenvalue weighted by Crippen LogP contribution is -1.87. The second-order valence-electron chi connectivity index (χ2n) is 3.47. The molecule has 2 rings (SSSR count). The van der Waals surface area contributed by atoms with Crippen LogP contribution in [0.3, 0.4) is 0 Å². The van der Waals surface area contributed by atoms with Crippen molar-refractivity contribution in [1.29, 1.82) is 0 Å². The fourth-order valence-electron chi connectivity index (χ4n) is 1.53. The zero-order valence-corrected chi connectivity index (χ0v) is 10.1. The molecule has 0 fully saturated rings. The van der Waals surface area contributed by atoms with Crippen LogP contribution in [0.4, 0.5) is 0 Å². The molecule has 0 saturated heterocycles. The first kappa shape index (κ1) is 11.3. The van der Waals surface area contributed by atoms with Crippen LogP contribution < -0.4 is 0 Å². The predicted molar refractivity (Wildman–Crippen MR) is 71.0 cm³/mol. The van der Waals surface area contributed by atoms with Crippen LogP contribution in [0.5, 0.6) is 0 Å². The lowest BCUT2D eigenvalue weighted by molar-refractivity contribution is 1.56. The molecule has 16 heavy (non-hydrogen) atoms. The Hall–Kier alpha value is -1.24. The highest BCUT2D eigenvalue weighted by atomic mass is 35.5. The number of hydrogen-bond donors (Lipinski definition) is 0. The Bertz CT molecular complexity index is 516. The molecule has 0 aliphatic rings. The van der Waals surface area contributed by atoms with Crippen LogP contribution in [0, 0.1) is 0 Å². The molecule has 2 heteroatoms. The van der Waals surface area contributed by atoms with Crippen molar-refractivity contribution in [3.05, 3.63) is 76.3 Å². The maximum absolute atomic E-state index is 6.13. The van der Waals surface area contributed by atoms with E-state index in [2.05, 4.69) is 6.58 Å². The molecular formula is C14H10Cl2. The van der Waals surface area contributed by atoms with Gasteiger partial charge < -0.3 is 0 Å². The molecule has 0 atom stereocenters. The monoisotopic (exact) mass is 248 g/mol. The molecule has 0 spiro atoms. The summed E-state index contributed by atoms with van der Waals surface area (Å²) in [6.07, 6.45) is 0. The van der Waals surface area contributed by atoms with Crippen LogP contribution in [-0.4, -0.2) is 0 Å². The summed E-state index contributed by atoms with van der Waals surface area (Å²) < 4.78 is 0. The van der Waals surface area contributed by atoms with Gasteiger partial charge in [-0.25, -0.2) is 0 Å². The first-order valence-corrected chi connectivity index (χ1v) is 5.64. The Morgan fingerprint density at radius 1 is 0.938 bits per heavy atom. The van der Waals surface area contributed by atoms with Crippen LogP contribution in [0.15, 0.2) is 55.1 Å². The average molecular weight is 249 g/mol. The molecule has 0 aromatic heterocycles. The smallest absolute Gasteiger partial charge is 0.0499 e. The lowest BCUT2D eigenvalue weighted by Gasteiger charge is -2.08. The summed E-state index contributed by atoms with van der Waals surface area (Å²) in [4.78, 5) is 0. The average Bonchev–Trinajstić information content (AvgIpc) is 2.29. The van der Waals surface area contributed by atoms with Crippen LogP contribution in [-0.2, 0) is 0 Å². The van der Waals surface area contributed by atoms with Crippen LogP contribution in [0.1, 0.15) is 11.1 Å². The molecule has 2 aromatic rings. The van der Waals surface area contributed by atoms with Gasteiger partial charge >= 0.3 is 0 Å². The van der Waals surface area contributed by atoms with Crippen molar-refractivity contribution in [2.45, 2.75) is 0 Å². The van der Waals surface area contributed by atoms with E-state index in [-0.39, 0.29) is 0 Å². The van der Waals surface area contributed by atoms with Crippen molar-refractivity contribution < 1.29 is 0 Å². The van der Waals surface area contributed by atoms with Gasteiger partial charge in [-0.1, -0.05) is 66.2 Å². The Morgan fingerprint density at radius 2 is 1.62 bits per heavy atom. The second kappa shape index (κ2) is 4.73. The minimum atomic E-state index is 0.626. The topological polar surface area (TPSA) is 0 Å². The Kier molecular flexibility index (Phi) is 3.33. The molecule has 0 amide bonds. The maximum Gasteiger partial charge on any atom is 0.0499 e. The van der Waals surface area contributed by atoms with Crippen molar-refractivity contribution in [3.63, 3.8) is 0 Å². The third-order valence-electron chi connectivity index (χ3n) is 2.38. The highest BCUT2D eigenvalue weighted by Gasteiger charge is 2.06. The van der Waals surface area contributed by atoms with E-state index < -0.39 is 0 Å². The zero-order valence-electron chi connectivity index (χ0n) is 8.58. The Morgan fingerprint density at radius 3 is 2.25 bits per heavy atom. The van der Waals surface area contributed by atoms with Crippen molar-refractivity contribution in [3.8, 4) is 0 Å². The number of rotatable bonds is 2. The highest BCUT2D eigenvalue weighted by Crippen LogP contribution is 2.29. The maximum atomic E-state index is 6.13. The predicted octanol–water partition coefficient (Wildman–Crippen LogP) is 5.05. The standard InChI is InChI=1S/C14H10Cl2/c1-10(11-5-3-2-4-6-11)13-8-7-12(15)9-14(13)16/h2-9H,1H2. The van der Waals surface area contributed by atoms with Crippen molar-refractivity contribution in [1.82, 2.24) is 0 Å². The van der Waals surface area contributed by atoms with Gasteiger partial charge in [-0.15, -0.1) is 0 Å². The summed E-state index contributed by atoms with van der Waals surface area (Å²) >= 11 is 12.0. The third kappa shape index (κ3) is 2.29. The largest absolute Gasteiger partial charge is 0.0905 e. The van der Waals surface area contributed by atoms with E-state index in [0.717, 1.165) is 16.7 Å². The minimum Gasteiger partial charge on any atom is -0.0905 e. The third-order valence-corrected chi connectivity index (χ3v) is 2.93. The van der Waals surface area contributed by atoms with Gasteiger partial charge in [0.25, 0.3) is 0 Å². The van der Waals surface area contributed by atoms with E-state index in [0.29, 0.717) is 10.0 Å².